The van der Waals surface area contributed by atoms with Gasteiger partial charge in [0.2, 0.25) is 0 Å². The van der Waals surface area contributed by atoms with E-state index >= 15 is 0 Å². The normalized spacial score (nSPS) is 35.3. The minimum Gasteiger partial charge on any atom is -0.0654 e. The predicted molar refractivity (Wildman–Crippen MR) is 131 cm³/mol. The van der Waals surface area contributed by atoms with Crippen molar-refractivity contribution in [3.05, 3.63) is 35.4 Å². The van der Waals surface area contributed by atoms with Crippen LogP contribution in [0.15, 0.2) is 24.3 Å². The summed E-state index contributed by atoms with van der Waals surface area (Å²) in [6.07, 6.45) is 23.5. The Labute approximate surface area is 187 Å². The average Bonchev–Trinajstić information content (AvgIpc) is 2.81. The lowest BCUT2D eigenvalue weighted by molar-refractivity contribution is 0.156. The molecule has 3 aliphatic carbocycles. The van der Waals surface area contributed by atoms with E-state index in [-0.39, 0.29) is 0 Å². The lowest BCUT2D eigenvalue weighted by atomic mass is 9.68. The lowest BCUT2D eigenvalue weighted by Crippen LogP contribution is -2.25. The van der Waals surface area contributed by atoms with E-state index in [4.69, 9.17) is 0 Å². The molecular weight excluding hydrogens is 360 g/mol. The SMILES string of the molecule is CCCC1CCC(c2ccc(C3CCC(C4CCC(CCC)CC4)CC3)cc2)CC1. The van der Waals surface area contributed by atoms with Crippen LogP contribution in [0, 0.1) is 23.7 Å². The molecule has 0 amide bonds. The largest absolute Gasteiger partial charge is 0.0654 e. The van der Waals surface area contributed by atoms with Gasteiger partial charge in [0, 0.05) is 0 Å². The Balaban J connectivity index is 1.23. The van der Waals surface area contributed by atoms with Crippen molar-refractivity contribution in [3.63, 3.8) is 0 Å². The predicted octanol–water partition coefficient (Wildman–Crippen LogP) is 9.64. The van der Waals surface area contributed by atoms with Crippen molar-refractivity contribution in [2.75, 3.05) is 0 Å². The van der Waals surface area contributed by atoms with E-state index in [9.17, 15) is 0 Å². The molecule has 1 aromatic rings. The first-order chi connectivity index (χ1) is 14.8. The second-order valence-electron chi connectivity index (χ2n) is 11.4. The van der Waals surface area contributed by atoms with Crippen LogP contribution in [0.3, 0.4) is 0 Å². The molecule has 0 radical (unpaired) electrons. The molecule has 30 heavy (non-hydrogen) atoms. The summed E-state index contributed by atoms with van der Waals surface area (Å²) in [5, 5.41) is 0. The van der Waals surface area contributed by atoms with Crippen molar-refractivity contribution < 1.29 is 0 Å². The zero-order chi connectivity index (χ0) is 20.8. The Morgan fingerprint density at radius 3 is 1.23 bits per heavy atom. The van der Waals surface area contributed by atoms with Crippen LogP contribution >= 0.6 is 0 Å². The Hall–Kier alpha value is -0.780. The smallest absolute Gasteiger partial charge is 0.0162 e. The number of benzene rings is 1. The van der Waals surface area contributed by atoms with Crippen molar-refractivity contribution in [1.29, 1.82) is 0 Å². The van der Waals surface area contributed by atoms with Gasteiger partial charge in [-0.15, -0.1) is 0 Å². The first-order valence-electron chi connectivity index (χ1n) is 13.9. The summed E-state index contributed by atoms with van der Waals surface area (Å²) in [6.45, 7) is 4.70. The van der Waals surface area contributed by atoms with Crippen molar-refractivity contribution in [2.24, 2.45) is 23.7 Å². The maximum Gasteiger partial charge on any atom is -0.0162 e. The molecule has 0 atom stereocenters. The van der Waals surface area contributed by atoms with Gasteiger partial charge in [-0.3, -0.25) is 0 Å². The Morgan fingerprint density at radius 2 is 0.833 bits per heavy atom. The Kier molecular flexibility index (Phi) is 8.36. The molecule has 4 rings (SSSR count). The van der Waals surface area contributed by atoms with Crippen LogP contribution in [-0.2, 0) is 0 Å². The van der Waals surface area contributed by atoms with Crippen molar-refractivity contribution in [2.45, 2.75) is 128 Å². The van der Waals surface area contributed by atoms with Gasteiger partial charge in [0.15, 0.2) is 0 Å². The molecule has 3 fully saturated rings. The van der Waals surface area contributed by atoms with Crippen LogP contribution in [0.25, 0.3) is 0 Å². The fourth-order valence-electron chi connectivity index (χ4n) is 7.51. The summed E-state index contributed by atoms with van der Waals surface area (Å²) in [4.78, 5) is 0. The molecule has 0 spiro atoms. The minimum atomic E-state index is 0.839. The number of hydrogen-bond donors (Lipinski definition) is 0. The van der Waals surface area contributed by atoms with Gasteiger partial charge in [-0.25, -0.2) is 0 Å². The molecule has 3 saturated carbocycles. The van der Waals surface area contributed by atoms with Gasteiger partial charge in [-0.2, -0.15) is 0 Å². The summed E-state index contributed by atoms with van der Waals surface area (Å²) in [7, 11) is 0. The van der Waals surface area contributed by atoms with Crippen LogP contribution < -0.4 is 0 Å². The first-order valence-corrected chi connectivity index (χ1v) is 13.9. The van der Waals surface area contributed by atoms with Crippen molar-refractivity contribution in [3.8, 4) is 0 Å². The number of rotatable bonds is 7. The molecule has 168 valence electrons. The molecule has 0 heterocycles. The highest BCUT2D eigenvalue weighted by Crippen LogP contribution is 2.45. The molecule has 0 aliphatic heterocycles. The van der Waals surface area contributed by atoms with Gasteiger partial charge in [-0.1, -0.05) is 76.6 Å². The van der Waals surface area contributed by atoms with E-state index in [1.165, 1.54) is 103 Å². The summed E-state index contributed by atoms with van der Waals surface area (Å²) < 4.78 is 0. The molecular formula is C30H48. The van der Waals surface area contributed by atoms with Gasteiger partial charge in [0.1, 0.15) is 0 Å². The zero-order valence-electron chi connectivity index (χ0n) is 20.1. The maximum atomic E-state index is 2.51. The van der Waals surface area contributed by atoms with Crippen LogP contribution in [0.1, 0.15) is 140 Å². The first kappa shape index (κ1) is 22.4. The van der Waals surface area contributed by atoms with Crippen molar-refractivity contribution >= 4 is 0 Å². The van der Waals surface area contributed by atoms with E-state index in [1.807, 2.05) is 0 Å². The molecule has 0 nitrogen and oxygen atoms in total. The van der Waals surface area contributed by atoms with Crippen LogP contribution in [0.5, 0.6) is 0 Å². The number of hydrogen-bond acceptors (Lipinski definition) is 0. The highest BCUT2D eigenvalue weighted by atomic mass is 14.4. The average molecular weight is 409 g/mol. The summed E-state index contributed by atoms with van der Waals surface area (Å²) in [5.41, 5.74) is 3.27. The molecule has 3 aliphatic rings. The van der Waals surface area contributed by atoms with E-state index in [0.29, 0.717) is 0 Å². The van der Waals surface area contributed by atoms with Crippen LogP contribution in [-0.4, -0.2) is 0 Å². The monoisotopic (exact) mass is 408 g/mol. The van der Waals surface area contributed by atoms with Gasteiger partial charge in [-0.05, 0) is 111 Å². The van der Waals surface area contributed by atoms with E-state index in [0.717, 1.165) is 35.5 Å². The molecule has 0 saturated heterocycles. The fraction of sp³-hybridized carbons (Fsp3) is 0.800. The third kappa shape index (κ3) is 5.72. The lowest BCUT2D eigenvalue weighted by Gasteiger charge is -2.38. The quantitative estimate of drug-likeness (QED) is 0.421. The Morgan fingerprint density at radius 1 is 0.500 bits per heavy atom. The molecule has 0 N–H and O–H groups in total. The van der Waals surface area contributed by atoms with Crippen LogP contribution in [0.2, 0.25) is 0 Å². The second kappa shape index (κ2) is 11.2. The van der Waals surface area contributed by atoms with Gasteiger partial charge < -0.3 is 0 Å². The van der Waals surface area contributed by atoms with E-state index < -0.39 is 0 Å². The second-order valence-corrected chi connectivity index (χ2v) is 11.4. The third-order valence-electron chi connectivity index (χ3n) is 9.45. The highest BCUT2D eigenvalue weighted by Gasteiger charge is 2.31. The Bertz CT molecular complexity index is 589. The summed E-state index contributed by atoms with van der Waals surface area (Å²) in [6, 6.07) is 10.0. The van der Waals surface area contributed by atoms with Crippen molar-refractivity contribution in [1.82, 2.24) is 0 Å². The fourth-order valence-corrected chi connectivity index (χ4v) is 7.51. The van der Waals surface area contributed by atoms with E-state index in [2.05, 4.69) is 38.1 Å². The van der Waals surface area contributed by atoms with Gasteiger partial charge in [0.05, 0.1) is 0 Å². The maximum absolute atomic E-state index is 2.51. The van der Waals surface area contributed by atoms with Gasteiger partial charge >= 0.3 is 0 Å². The summed E-state index contributed by atoms with van der Waals surface area (Å²) in [5.74, 6) is 5.86. The molecule has 0 aromatic heterocycles. The molecule has 1 aromatic carbocycles. The summed E-state index contributed by atoms with van der Waals surface area (Å²) >= 11 is 0. The zero-order valence-corrected chi connectivity index (χ0v) is 20.1. The minimum absolute atomic E-state index is 0.839. The molecule has 0 heteroatoms. The standard InChI is InChI=1S/C30H48/c1-3-5-23-7-11-25(12-8-23)27-15-19-29(20-16-27)30-21-17-28(18-22-30)26-13-9-24(6-4-2)10-14-26/h15-16,19-20,23-26,28,30H,3-14,17-18,21-22H2,1-2H3. The highest BCUT2D eigenvalue weighted by molar-refractivity contribution is 5.28. The molecule has 0 bridgehead atoms. The molecule has 0 unspecified atom stereocenters. The topological polar surface area (TPSA) is 0 Å². The van der Waals surface area contributed by atoms with Crippen LogP contribution in [0.4, 0.5) is 0 Å². The van der Waals surface area contributed by atoms with E-state index in [1.54, 1.807) is 11.1 Å². The third-order valence-corrected chi connectivity index (χ3v) is 9.45. The van der Waals surface area contributed by atoms with Gasteiger partial charge in [0.25, 0.3) is 0 Å².